The summed E-state index contributed by atoms with van der Waals surface area (Å²) in [6, 6.07) is 17.6. The summed E-state index contributed by atoms with van der Waals surface area (Å²) in [4.78, 5) is 35.8. The third kappa shape index (κ3) is 6.09. The van der Waals surface area contributed by atoms with Crippen molar-refractivity contribution in [2.75, 3.05) is 39.2 Å². The predicted molar refractivity (Wildman–Crippen MR) is 156 cm³/mol. The highest BCUT2D eigenvalue weighted by Crippen LogP contribution is 2.39. The Morgan fingerprint density at radius 3 is 2.26 bits per heavy atom. The van der Waals surface area contributed by atoms with Gasteiger partial charge in [0.1, 0.15) is 0 Å². The minimum absolute atomic E-state index is 0.114. The number of fused-ring (bicyclic) bond motifs is 1. The van der Waals surface area contributed by atoms with E-state index >= 15 is 0 Å². The van der Waals surface area contributed by atoms with Crippen molar-refractivity contribution >= 4 is 63.1 Å². The molecule has 1 heterocycles. The van der Waals surface area contributed by atoms with Gasteiger partial charge in [0.2, 0.25) is 5.91 Å². The van der Waals surface area contributed by atoms with Crippen LogP contribution in [0.5, 0.6) is 5.88 Å². The first kappa shape index (κ1) is 28.2. The van der Waals surface area contributed by atoms with E-state index in [-0.39, 0.29) is 35.0 Å². The van der Waals surface area contributed by atoms with Crippen molar-refractivity contribution in [3.05, 3.63) is 87.4 Å². The predicted octanol–water partition coefficient (Wildman–Crippen LogP) is 6.05. The molecular weight excluding hydrogens is 539 g/mol. The zero-order valence-electron chi connectivity index (χ0n) is 22.0. The molecule has 0 unspecified atom stereocenters. The Hall–Kier alpha value is -3.85. The largest absolute Gasteiger partial charge is 0.494 e. The van der Waals surface area contributed by atoms with Crippen LogP contribution >= 0.6 is 23.2 Å². The fourth-order valence-corrected chi connectivity index (χ4v) is 4.92. The van der Waals surface area contributed by atoms with Gasteiger partial charge in [-0.15, -0.1) is 0 Å². The number of carbonyl (C=O) groups excluding carboxylic acids is 2. The molecule has 39 heavy (non-hydrogen) atoms. The summed E-state index contributed by atoms with van der Waals surface area (Å²) < 4.78 is 5.10. The van der Waals surface area contributed by atoms with Crippen molar-refractivity contribution in [1.29, 1.82) is 0 Å². The van der Waals surface area contributed by atoms with Crippen molar-refractivity contribution in [3.63, 3.8) is 0 Å². The highest BCUT2D eigenvalue weighted by molar-refractivity contribution is 6.40. The van der Waals surface area contributed by atoms with E-state index in [1.165, 1.54) is 4.90 Å². The number of benzene rings is 3. The van der Waals surface area contributed by atoms with Crippen LogP contribution in [0.2, 0.25) is 10.0 Å². The summed E-state index contributed by atoms with van der Waals surface area (Å²) >= 11 is 13.2. The maximum Gasteiger partial charge on any atom is 0.338 e. The molecule has 2 N–H and O–H groups in total. The summed E-state index contributed by atoms with van der Waals surface area (Å²) in [5, 5.41) is 12.2. The fraction of sp³-hybridized carbons (Fsp3) is 0.207. The number of nitrogens with one attached hydrogen (secondary N) is 1. The van der Waals surface area contributed by atoms with Crippen LogP contribution in [0.25, 0.3) is 10.9 Å². The minimum Gasteiger partial charge on any atom is -0.494 e. The number of carbonyl (C=O) groups is 2. The molecular formula is C29H28Cl2N4O4. The van der Waals surface area contributed by atoms with E-state index in [4.69, 9.17) is 32.9 Å². The summed E-state index contributed by atoms with van der Waals surface area (Å²) in [7, 11) is 5.22. The smallest absolute Gasteiger partial charge is 0.338 e. The van der Waals surface area contributed by atoms with Gasteiger partial charge in [-0.2, -0.15) is 0 Å². The highest BCUT2D eigenvalue weighted by Gasteiger charge is 2.22. The first-order valence-corrected chi connectivity index (χ1v) is 12.9. The number of nitrogens with zero attached hydrogens (tertiary/aromatic N) is 3. The first-order chi connectivity index (χ1) is 18.6. The average Bonchev–Trinajstić information content (AvgIpc) is 3.21. The zero-order chi connectivity index (χ0) is 28.3. The van der Waals surface area contributed by atoms with Crippen molar-refractivity contribution in [1.82, 2.24) is 9.88 Å². The number of aromatic hydroxyl groups is 1. The van der Waals surface area contributed by atoms with Gasteiger partial charge in [-0.1, -0.05) is 59.6 Å². The number of aromatic nitrogens is 1. The Morgan fingerprint density at radius 1 is 0.974 bits per heavy atom. The molecule has 0 saturated heterocycles. The van der Waals surface area contributed by atoms with Crippen LogP contribution in [0.1, 0.15) is 28.4 Å². The second-order valence-electron chi connectivity index (χ2n) is 9.10. The molecule has 0 spiro atoms. The lowest BCUT2D eigenvalue weighted by Gasteiger charge is -2.22. The van der Waals surface area contributed by atoms with E-state index in [0.717, 1.165) is 5.56 Å². The molecule has 8 nitrogen and oxygen atoms in total. The fourth-order valence-electron chi connectivity index (χ4n) is 4.19. The van der Waals surface area contributed by atoms with Crippen molar-refractivity contribution in [2.24, 2.45) is 4.99 Å². The number of halogens is 2. The number of likely N-dealkylation sites (N-methyl/N-ethyl adjacent to an activating group) is 2. The third-order valence-corrected chi connectivity index (χ3v) is 6.55. The molecule has 4 rings (SSSR count). The van der Waals surface area contributed by atoms with E-state index in [1.807, 2.05) is 30.3 Å². The normalized spacial score (nSPS) is 11.7. The van der Waals surface area contributed by atoms with Gasteiger partial charge in [0, 0.05) is 23.5 Å². The quantitative estimate of drug-likeness (QED) is 0.200. The van der Waals surface area contributed by atoms with Crippen molar-refractivity contribution < 1.29 is 19.4 Å². The molecule has 0 aliphatic carbocycles. The van der Waals surface area contributed by atoms with E-state index in [2.05, 4.69) is 4.98 Å². The van der Waals surface area contributed by atoms with Crippen LogP contribution in [0.15, 0.2) is 65.7 Å². The van der Waals surface area contributed by atoms with Crippen LogP contribution in [-0.2, 0) is 9.53 Å². The van der Waals surface area contributed by atoms with Gasteiger partial charge in [0.05, 0.1) is 51.4 Å². The van der Waals surface area contributed by atoms with Gasteiger partial charge in [-0.05, 0) is 45.3 Å². The highest BCUT2D eigenvalue weighted by atomic mass is 35.5. The number of hydrogen-bond acceptors (Lipinski definition) is 6. The van der Waals surface area contributed by atoms with Gasteiger partial charge in [0.15, 0.2) is 5.88 Å². The average molecular weight is 567 g/mol. The number of anilines is 1. The van der Waals surface area contributed by atoms with Crippen LogP contribution < -0.4 is 4.90 Å². The molecule has 0 bridgehead atoms. The lowest BCUT2D eigenvalue weighted by atomic mass is 10.00. The number of H-pyrrole nitrogens is 1. The number of rotatable bonds is 8. The molecule has 0 fully saturated rings. The van der Waals surface area contributed by atoms with Crippen molar-refractivity contribution in [2.45, 2.75) is 6.92 Å². The third-order valence-electron chi connectivity index (χ3n) is 5.98. The molecule has 0 saturated carbocycles. The standard InChI is InChI=1S/C29H28Cl2N4O4/c1-5-39-29(38)18-11-12-20-23(13-18)33-28(37)25(20)26(17-9-7-6-8-10-17)32-19-14-21(30)27(22(31)15-19)35(4)24(36)16-34(2)3/h6-15,33,37H,5,16H2,1-4H3. The molecule has 0 aliphatic heterocycles. The number of aromatic amines is 1. The van der Waals surface area contributed by atoms with E-state index < -0.39 is 5.97 Å². The Balaban J connectivity index is 1.84. The van der Waals surface area contributed by atoms with Gasteiger partial charge >= 0.3 is 5.97 Å². The monoisotopic (exact) mass is 566 g/mol. The van der Waals surface area contributed by atoms with Crippen LogP contribution in [0, 0.1) is 0 Å². The maximum absolute atomic E-state index is 12.6. The maximum atomic E-state index is 12.6. The molecule has 202 valence electrons. The number of amides is 1. The van der Waals surface area contributed by atoms with Crippen LogP contribution in [0.4, 0.5) is 11.4 Å². The molecule has 0 atom stereocenters. The van der Waals surface area contributed by atoms with E-state index in [0.29, 0.717) is 39.1 Å². The molecule has 0 radical (unpaired) electrons. The SMILES string of the molecule is CCOC(=O)c1ccc2c(C(=Nc3cc(Cl)c(N(C)C(=O)CN(C)C)c(Cl)c3)c3ccccc3)c(O)[nH]c2c1. The first-order valence-electron chi connectivity index (χ1n) is 12.2. The second kappa shape index (κ2) is 11.9. The van der Waals surface area contributed by atoms with Crippen LogP contribution in [0.3, 0.4) is 0 Å². The molecule has 1 amide bonds. The zero-order valence-corrected chi connectivity index (χ0v) is 23.5. The second-order valence-corrected chi connectivity index (χ2v) is 9.92. The van der Waals surface area contributed by atoms with E-state index in [9.17, 15) is 14.7 Å². The Morgan fingerprint density at radius 2 is 1.64 bits per heavy atom. The van der Waals surface area contributed by atoms with Gasteiger partial charge < -0.3 is 24.6 Å². The Bertz CT molecular complexity index is 1540. The Kier molecular flexibility index (Phi) is 8.60. The molecule has 10 heteroatoms. The van der Waals surface area contributed by atoms with Gasteiger partial charge in [-0.3, -0.25) is 4.79 Å². The number of aliphatic imine (C=N–C) groups is 1. The minimum atomic E-state index is -0.453. The number of esters is 1. The lowest BCUT2D eigenvalue weighted by molar-refractivity contribution is -0.118. The van der Waals surface area contributed by atoms with Gasteiger partial charge in [0.25, 0.3) is 0 Å². The summed E-state index contributed by atoms with van der Waals surface area (Å²) in [5.41, 5.74) is 3.35. The topological polar surface area (TPSA) is 98.2 Å². The van der Waals surface area contributed by atoms with Crippen LogP contribution in [-0.4, -0.2) is 66.9 Å². The Labute approximate surface area is 236 Å². The van der Waals surface area contributed by atoms with Gasteiger partial charge in [-0.25, -0.2) is 9.79 Å². The van der Waals surface area contributed by atoms with Crippen molar-refractivity contribution in [3.8, 4) is 5.88 Å². The number of hydrogen-bond donors (Lipinski definition) is 2. The number of ether oxygens (including phenoxy) is 1. The molecule has 3 aromatic carbocycles. The molecule has 0 aliphatic rings. The summed E-state index contributed by atoms with van der Waals surface area (Å²) in [6.07, 6.45) is 0. The molecule has 4 aromatic rings. The van der Waals surface area contributed by atoms with E-state index in [1.54, 1.807) is 63.3 Å². The summed E-state index contributed by atoms with van der Waals surface area (Å²) in [6.45, 7) is 2.19. The lowest BCUT2D eigenvalue weighted by Crippen LogP contribution is -2.35. The molecule has 1 aromatic heterocycles. The summed E-state index contributed by atoms with van der Waals surface area (Å²) in [5.74, 6) is -0.738.